The lowest BCUT2D eigenvalue weighted by Crippen LogP contribution is -2.34. The molecule has 6 rings (SSSR count). The zero-order valence-electron chi connectivity index (χ0n) is 21.8. The van der Waals surface area contributed by atoms with Crippen molar-refractivity contribution in [2.75, 3.05) is 11.4 Å². The zero-order chi connectivity index (χ0) is 27.6. The normalized spacial score (nSPS) is 13.6. The summed E-state index contributed by atoms with van der Waals surface area (Å²) in [6.45, 7) is 4.97. The Balaban J connectivity index is 1.25. The molecule has 5 aromatic rings. The highest BCUT2D eigenvalue weighted by molar-refractivity contribution is 5.83. The number of benzene rings is 4. The highest BCUT2D eigenvalue weighted by atomic mass is 16.3. The molecule has 40 heavy (non-hydrogen) atoms. The highest BCUT2D eigenvalue weighted by Gasteiger charge is 2.18. The molecule has 0 saturated carbocycles. The molecule has 0 spiro atoms. The van der Waals surface area contributed by atoms with E-state index in [-0.39, 0.29) is 17.1 Å². The van der Waals surface area contributed by atoms with Crippen LogP contribution in [0.1, 0.15) is 23.1 Å². The van der Waals surface area contributed by atoms with Gasteiger partial charge >= 0.3 is 0 Å². The van der Waals surface area contributed by atoms with Gasteiger partial charge in [0.25, 0.3) is 5.56 Å². The van der Waals surface area contributed by atoms with Crippen LogP contribution in [0, 0.1) is 0 Å². The van der Waals surface area contributed by atoms with Crippen molar-refractivity contribution < 1.29 is 10.2 Å². The first-order chi connectivity index (χ1) is 19.5. The molecule has 0 unspecified atom stereocenters. The largest absolute Gasteiger partial charge is 0.504 e. The maximum atomic E-state index is 13.1. The molecular weight excluding hydrogens is 500 g/mol. The first-order valence-electron chi connectivity index (χ1n) is 13.1. The van der Waals surface area contributed by atoms with E-state index in [2.05, 4.69) is 45.8 Å². The van der Waals surface area contributed by atoms with Crippen molar-refractivity contribution in [3.05, 3.63) is 129 Å². The summed E-state index contributed by atoms with van der Waals surface area (Å²) in [7, 11) is 0. The SMILES string of the molecule is C=c1[nH]n(-c2ccccc2)c(=O)c1=Cc1ccc2c(c1)CCCN2c1ccc(N=Cc2ccc(O)c(O)c2)cc1. The summed E-state index contributed by atoms with van der Waals surface area (Å²) < 4.78 is 1.52. The van der Waals surface area contributed by atoms with Crippen LogP contribution in [0.4, 0.5) is 17.1 Å². The Labute approximate surface area is 230 Å². The molecule has 1 aliphatic rings. The second-order valence-electron chi connectivity index (χ2n) is 9.79. The van der Waals surface area contributed by atoms with Crippen LogP contribution in [-0.4, -0.2) is 32.8 Å². The topological polar surface area (TPSA) is 93.9 Å². The third kappa shape index (κ3) is 4.92. The van der Waals surface area contributed by atoms with Crippen LogP contribution >= 0.6 is 0 Å². The van der Waals surface area contributed by atoms with Gasteiger partial charge in [-0.25, -0.2) is 4.68 Å². The zero-order valence-corrected chi connectivity index (χ0v) is 21.8. The second-order valence-corrected chi connectivity index (χ2v) is 9.79. The van der Waals surface area contributed by atoms with Gasteiger partial charge in [0.15, 0.2) is 11.5 Å². The minimum absolute atomic E-state index is 0.125. The number of rotatable bonds is 5. The molecule has 0 fully saturated rings. The number of hydrogen-bond acceptors (Lipinski definition) is 5. The summed E-state index contributed by atoms with van der Waals surface area (Å²) in [5.74, 6) is -0.329. The fourth-order valence-corrected chi connectivity index (χ4v) is 5.03. The van der Waals surface area contributed by atoms with E-state index in [9.17, 15) is 15.0 Å². The van der Waals surface area contributed by atoms with E-state index in [0.29, 0.717) is 16.1 Å². The van der Waals surface area contributed by atoms with Gasteiger partial charge in [-0.3, -0.25) is 14.9 Å². The van der Waals surface area contributed by atoms with Crippen molar-refractivity contribution in [3.8, 4) is 17.2 Å². The molecule has 198 valence electrons. The molecule has 3 N–H and O–H groups in total. The van der Waals surface area contributed by atoms with E-state index in [1.165, 1.54) is 22.4 Å². The number of nitrogens with zero attached hydrogens (tertiary/aromatic N) is 3. The van der Waals surface area contributed by atoms with Crippen LogP contribution in [0.15, 0.2) is 101 Å². The van der Waals surface area contributed by atoms with Crippen LogP contribution in [0.3, 0.4) is 0 Å². The highest BCUT2D eigenvalue weighted by Crippen LogP contribution is 2.35. The fraction of sp³-hybridized carbons (Fsp3) is 0.0909. The van der Waals surface area contributed by atoms with Crippen molar-refractivity contribution in [1.82, 2.24) is 9.78 Å². The molecule has 0 bridgehead atoms. The molecule has 0 amide bonds. The minimum atomic E-state index is -0.173. The van der Waals surface area contributed by atoms with E-state index >= 15 is 0 Å². The van der Waals surface area contributed by atoms with Crippen LogP contribution in [0.2, 0.25) is 0 Å². The van der Waals surface area contributed by atoms with Crippen molar-refractivity contribution in [2.24, 2.45) is 4.99 Å². The smallest absolute Gasteiger partial charge is 0.279 e. The Bertz CT molecular complexity index is 1890. The number of H-pyrrole nitrogens is 1. The first-order valence-corrected chi connectivity index (χ1v) is 13.1. The lowest BCUT2D eigenvalue weighted by atomic mass is 9.98. The Hall–Kier alpha value is -5.30. The summed E-state index contributed by atoms with van der Waals surface area (Å²) in [5.41, 5.74) is 6.57. The van der Waals surface area contributed by atoms with Gasteiger partial charge in [-0.2, -0.15) is 0 Å². The molecule has 7 nitrogen and oxygen atoms in total. The number of aliphatic imine (C=N–C) groups is 1. The lowest BCUT2D eigenvalue weighted by Gasteiger charge is -2.31. The number of fused-ring (bicyclic) bond motifs is 1. The Morgan fingerprint density at radius 1 is 0.850 bits per heavy atom. The fourth-order valence-electron chi connectivity index (χ4n) is 5.03. The van der Waals surface area contributed by atoms with Gasteiger partial charge in [0, 0.05) is 24.1 Å². The van der Waals surface area contributed by atoms with Gasteiger partial charge in [0.1, 0.15) is 0 Å². The Kier molecular flexibility index (Phi) is 6.54. The van der Waals surface area contributed by atoms with Gasteiger partial charge < -0.3 is 15.1 Å². The maximum absolute atomic E-state index is 13.1. The summed E-state index contributed by atoms with van der Waals surface area (Å²) in [6, 6.07) is 28.4. The second kappa shape index (κ2) is 10.5. The van der Waals surface area contributed by atoms with E-state index < -0.39 is 0 Å². The molecule has 0 radical (unpaired) electrons. The van der Waals surface area contributed by atoms with Gasteiger partial charge in [-0.15, -0.1) is 0 Å². The molecule has 0 aliphatic carbocycles. The molecule has 1 aliphatic heterocycles. The number of aromatic hydroxyl groups is 2. The number of anilines is 2. The monoisotopic (exact) mass is 528 g/mol. The Morgan fingerprint density at radius 3 is 2.40 bits per heavy atom. The molecule has 0 atom stereocenters. The van der Waals surface area contributed by atoms with Crippen LogP contribution in [-0.2, 0) is 6.42 Å². The van der Waals surface area contributed by atoms with Crippen molar-refractivity contribution in [3.63, 3.8) is 0 Å². The molecule has 1 aromatic heterocycles. The summed E-state index contributed by atoms with van der Waals surface area (Å²) in [4.78, 5) is 19.9. The number of phenols is 2. The number of hydrogen-bond donors (Lipinski definition) is 3. The average Bonchev–Trinajstić information content (AvgIpc) is 3.26. The van der Waals surface area contributed by atoms with Gasteiger partial charge in [-0.1, -0.05) is 30.8 Å². The van der Waals surface area contributed by atoms with Gasteiger partial charge in [-0.05, 0) is 102 Å². The molecule has 7 heteroatoms. The van der Waals surface area contributed by atoms with E-state index in [0.717, 1.165) is 47.7 Å². The van der Waals surface area contributed by atoms with E-state index in [1.807, 2.05) is 54.6 Å². The summed E-state index contributed by atoms with van der Waals surface area (Å²) in [5, 5.41) is 23.4. The van der Waals surface area contributed by atoms with Crippen LogP contribution in [0.25, 0.3) is 18.3 Å². The number of aromatic nitrogens is 2. The third-order valence-corrected chi connectivity index (χ3v) is 7.08. The standard InChI is InChI=1S/C33H28N4O3/c1-22-29(33(40)37(35-22)28-7-3-2-4-8-28)19-23-9-15-30-25(18-23)6-5-17-36(30)27-13-11-26(12-14-27)34-21-24-10-16-31(38)32(39)20-24/h2-4,7-16,18-21,35,38-39H,1,5-6,17H2. The number of nitrogens with one attached hydrogen (secondary N) is 1. The lowest BCUT2D eigenvalue weighted by molar-refractivity contribution is 0.403. The van der Waals surface area contributed by atoms with Gasteiger partial charge in [0.05, 0.1) is 21.9 Å². The van der Waals surface area contributed by atoms with Crippen molar-refractivity contribution >= 4 is 35.9 Å². The Morgan fingerprint density at radius 2 is 1.62 bits per heavy atom. The predicted molar refractivity (Wildman–Crippen MR) is 160 cm³/mol. The number of aryl methyl sites for hydroxylation is 1. The third-order valence-electron chi connectivity index (χ3n) is 7.08. The number of para-hydroxylation sites is 1. The maximum Gasteiger partial charge on any atom is 0.279 e. The molecule has 4 aromatic carbocycles. The van der Waals surface area contributed by atoms with Crippen LogP contribution in [0.5, 0.6) is 11.5 Å². The quantitative estimate of drug-likeness (QED) is 0.229. The van der Waals surface area contributed by atoms with E-state index in [1.54, 1.807) is 12.3 Å². The van der Waals surface area contributed by atoms with Crippen molar-refractivity contribution in [1.29, 1.82) is 0 Å². The average molecular weight is 529 g/mol. The van der Waals surface area contributed by atoms with E-state index in [4.69, 9.17) is 0 Å². The predicted octanol–water partition coefficient (Wildman–Crippen LogP) is 4.65. The molecular formula is C33H28N4O3. The minimum Gasteiger partial charge on any atom is -0.504 e. The van der Waals surface area contributed by atoms with Crippen LogP contribution < -0.4 is 21.0 Å². The number of aromatic amines is 1. The summed E-state index contributed by atoms with van der Waals surface area (Å²) >= 11 is 0. The number of phenolic OH excluding ortho intramolecular Hbond substituents is 2. The summed E-state index contributed by atoms with van der Waals surface area (Å²) in [6.07, 6.45) is 5.54. The molecule has 0 saturated heterocycles. The first kappa shape index (κ1) is 25.0. The van der Waals surface area contributed by atoms with Gasteiger partial charge in [0.2, 0.25) is 0 Å². The van der Waals surface area contributed by atoms with Crippen molar-refractivity contribution in [2.45, 2.75) is 12.8 Å². The molecule has 2 heterocycles.